The summed E-state index contributed by atoms with van der Waals surface area (Å²) < 4.78 is 77.4. The Labute approximate surface area is 213 Å². The molecule has 0 amide bonds. The third kappa shape index (κ3) is 5.74. The van der Waals surface area contributed by atoms with E-state index in [0.29, 0.717) is 61.4 Å². The van der Waals surface area contributed by atoms with Crippen LogP contribution in [0.4, 0.5) is 13.2 Å². The van der Waals surface area contributed by atoms with Crippen LogP contribution in [0.1, 0.15) is 38.7 Å². The van der Waals surface area contributed by atoms with Crippen molar-refractivity contribution in [2.45, 2.75) is 55.5 Å². The molecule has 0 unspecified atom stereocenters. The van der Waals surface area contributed by atoms with E-state index >= 15 is 0 Å². The Kier molecular flexibility index (Phi) is 8.64. The van der Waals surface area contributed by atoms with Gasteiger partial charge in [0, 0.05) is 44.2 Å². The van der Waals surface area contributed by atoms with E-state index in [-0.39, 0.29) is 16.2 Å². The summed E-state index contributed by atoms with van der Waals surface area (Å²) in [6, 6.07) is 6.51. The fourth-order valence-electron chi connectivity index (χ4n) is 4.40. The van der Waals surface area contributed by atoms with Crippen LogP contribution in [0.15, 0.2) is 40.4 Å². The molecule has 0 radical (unpaired) electrons. The molecule has 1 fully saturated rings. The van der Waals surface area contributed by atoms with Crippen LogP contribution in [-0.4, -0.2) is 48.6 Å². The molecule has 3 aromatic rings. The van der Waals surface area contributed by atoms with Crippen LogP contribution < -0.4 is 0 Å². The van der Waals surface area contributed by atoms with Crippen LogP contribution >= 0.6 is 11.8 Å². The average Bonchev–Trinajstić information content (AvgIpc) is 3.21. The van der Waals surface area contributed by atoms with Gasteiger partial charge >= 0.3 is 0 Å². The van der Waals surface area contributed by atoms with Crippen molar-refractivity contribution in [3.8, 4) is 0 Å². The minimum absolute atomic E-state index is 0.166. The first-order chi connectivity index (χ1) is 17.2. The monoisotopic (exact) mass is 541 g/mol. The topological polar surface area (TPSA) is 64.4 Å². The van der Waals surface area contributed by atoms with Crippen LogP contribution in [0.25, 0.3) is 11.0 Å². The van der Waals surface area contributed by atoms with E-state index in [2.05, 4.69) is 4.98 Å². The second kappa shape index (κ2) is 11.5. The third-order valence-corrected chi connectivity index (χ3v) is 9.17. The first kappa shape index (κ1) is 27.0. The largest absolute Gasteiger partial charge is 0.382 e. The molecule has 2 aromatic carbocycles. The summed E-state index contributed by atoms with van der Waals surface area (Å²) in [5.74, 6) is -3.02. The summed E-state index contributed by atoms with van der Waals surface area (Å²) in [7, 11) is -3.67. The number of rotatable bonds is 10. The molecule has 11 heteroatoms. The number of thioether (sulfide) groups is 1. The van der Waals surface area contributed by atoms with E-state index in [1.165, 1.54) is 4.31 Å². The fourth-order valence-corrected chi connectivity index (χ4v) is 7.06. The number of halogens is 3. The van der Waals surface area contributed by atoms with Crippen LogP contribution in [0, 0.1) is 23.4 Å². The molecule has 1 atom stereocenters. The lowest BCUT2D eigenvalue weighted by Crippen LogP contribution is -2.39. The SMILES string of the molecule is CCOCCCn1c(SCc2c(F)ccc(F)c2F)nc2cc(S(=O)(=O)N3CCC[C@H](C)C3)ccc21. The highest BCUT2D eigenvalue weighted by Crippen LogP contribution is 2.32. The van der Waals surface area contributed by atoms with E-state index in [1.807, 2.05) is 18.4 Å². The minimum atomic E-state index is -3.67. The van der Waals surface area contributed by atoms with Gasteiger partial charge in [0.25, 0.3) is 0 Å². The zero-order valence-electron chi connectivity index (χ0n) is 20.3. The van der Waals surface area contributed by atoms with Crippen molar-refractivity contribution in [1.29, 1.82) is 0 Å². The molecule has 1 saturated heterocycles. The predicted octanol–water partition coefficient (Wildman–Crippen LogP) is 5.59. The quantitative estimate of drug-likeness (QED) is 0.190. The van der Waals surface area contributed by atoms with E-state index < -0.39 is 27.5 Å². The van der Waals surface area contributed by atoms with E-state index in [4.69, 9.17) is 4.74 Å². The standard InChI is InChI=1S/C25H30F3N3O3S2/c1-3-34-13-5-12-31-23-10-7-18(36(32,33)30-11-4-6-17(2)15-30)14-22(23)29-25(31)35-16-19-20(26)8-9-21(27)24(19)28/h7-10,14,17H,3-6,11-13,15-16H2,1-2H3/t17-/m0/s1. The number of nitrogens with zero attached hydrogens (tertiary/aromatic N) is 3. The lowest BCUT2D eigenvalue weighted by atomic mass is 10.0. The van der Waals surface area contributed by atoms with Gasteiger partial charge in [0.2, 0.25) is 10.0 Å². The molecule has 1 aliphatic rings. The summed E-state index contributed by atoms with van der Waals surface area (Å²) in [4.78, 5) is 4.77. The summed E-state index contributed by atoms with van der Waals surface area (Å²) >= 11 is 1.07. The Balaban J connectivity index is 1.66. The number of aryl methyl sites for hydroxylation is 1. The number of piperidine rings is 1. The molecule has 2 heterocycles. The van der Waals surface area contributed by atoms with Crippen LogP contribution in [-0.2, 0) is 27.1 Å². The Morgan fingerprint density at radius 3 is 2.69 bits per heavy atom. The molecule has 0 aliphatic carbocycles. The number of hydrogen-bond donors (Lipinski definition) is 0. The predicted molar refractivity (Wildman–Crippen MR) is 134 cm³/mol. The number of hydrogen-bond acceptors (Lipinski definition) is 5. The van der Waals surface area contributed by atoms with Crippen molar-refractivity contribution < 1.29 is 26.3 Å². The Hall–Kier alpha value is -2.08. The zero-order valence-corrected chi connectivity index (χ0v) is 22.0. The lowest BCUT2D eigenvalue weighted by molar-refractivity contribution is 0.141. The Morgan fingerprint density at radius 2 is 1.94 bits per heavy atom. The number of aromatic nitrogens is 2. The van der Waals surface area contributed by atoms with Crippen LogP contribution in [0.5, 0.6) is 0 Å². The van der Waals surface area contributed by atoms with E-state index in [0.717, 1.165) is 36.7 Å². The number of ether oxygens (including phenoxy) is 1. The fraction of sp³-hybridized carbons (Fsp3) is 0.480. The highest BCUT2D eigenvalue weighted by Gasteiger charge is 2.29. The highest BCUT2D eigenvalue weighted by molar-refractivity contribution is 7.98. The molecule has 0 spiro atoms. The normalized spacial score (nSPS) is 17.2. The van der Waals surface area contributed by atoms with Gasteiger partial charge < -0.3 is 9.30 Å². The van der Waals surface area contributed by atoms with Gasteiger partial charge in [-0.1, -0.05) is 18.7 Å². The average molecular weight is 542 g/mol. The summed E-state index contributed by atoms with van der Waals surface area (Å²) in [6.07, 6.45) is 2.50. The molecule has 0 saturated carbocycles. The molecular formula is C25H30F3N3O3S2. The number of fused-ring (bicyclic) bond motifs is 1. The van der Waals surface area contributed by atoms with Crippen molar-refractivity contribution in [3.05, 3.63) is 53.3 Å². The molecule has 0 bridgehead atoms. The van der Waals surface area contributed by atoms with Crippen molar-refractivity contribution in [2.75, 3.05) is 26.3 Å². The number of benzene rings is 2. The summed E-state index contributed by atoms with van der Waals surface area (Å²) in [6.45, 7) is 6.54. The molecule has 0 N–H and O–H groups in total. The third-order valence-electron chi connectivity index (χ3n) is 6.30. The molecular weight excluding hydrogens is 511 g/mol. The van der Waals surface area contributed by atoms with Crippen LogP contribution in [0.2, 0.25) is 0 Å². The van der Waals surface area contributed by atoms with Crippen LogP contribution in [0.3, 0.4) is 0 Å². The highest BCUT2D eigenvalue weighted by atomic mass is 32.2. The number of imidazole rings is 1. The maximum absolute atomic E-state index is 14.2. The smallest absolute Gasteiger partial charge is 0.243 e. The first-order valence-electron chi connectivity index (χ1n) is 12.1. The Bertz CT molecular complexity index is 1330. The molecule has 1 aliphatic heterocycles. The minimum Gasteiger partial charge on any atom is -0.382 e. The molecule has 196 valence electrons. The van der Waals surface area contributed by atoms with E-state index in [1.54, 1.807) is 18.2 Å². The van der Waals surface area contributed by atoms with Gasteiger partial charge in [0.15, 0.2) is 16.8 Å². The summed E-state index contributed by atoms with van der Waals surface area (Å²) in [5, 5.41) is 0.464. The van der Waals surface area contributed by atoms with E-state index in [9.17, 15) is 21.6 Å². The second-order valence-corrected chi connectivity index (χ2v) is 11.8. The van der Waals surface area contributed by atoms with Gasteiger partial charge in [-0.2, -0.15) is 4.31 Å². The maximum atomic E-state index is 14.2. The van der Waals surface area contributed by atoms with Gasteiger partial charge in [-0.05, 0) is 62.4 Å². The van der Waals surface area contributed by atoms with Gasteiger partial charge in [0.1, 0.15) is 5.82 Å². The molecule has 36 heavy (non-hydrogen) atoms. The van der Waals surface area contributed by atoms with Gasteiger partial charge in [-0.15, -0.1) is 0 Å². The summed E-state index contributed by atoms with van der Waals surface area (Å²) in [5.41, 5.74) is 0.816. The molecule has 6 nitrogen and oxygen atoms in total. The Morgan fingerprint density at radius 1 is 1.17 bits per heavy atom. The number of sulfonamides is 1. The van der Waals surface area contributed by atoms with Gasteiger partial charge in [-0.3, -0.25) is 0 Å². The first-order valence-corrected chi connectivity index (χ1v) is 14.5. The molecule has 1 aromatic heterocycles. The van der Waals surface area contributed by atoms with Crippen molar-refractivity contribution >= 4 is 32.8 Å². The van der Waals surface area contributed by atoms with Crippen molar-refractivity contribution in [3.63, 3.8) is 0 Å². The lowest BCUT2D eigenvalue weighted by Gasteiger charge is -2.30. The van der Waals surface area contributed by atoms with Crippen molar-refractivity contribution in [1.82, 2.24) is 13.9 Å². The van der Waals surface area contributed by atoms with Gasteiger partial charge in [0.05, 0.1) is 15.9 Å². The molecule has 4 rings (SSSR count). The maximum Gasteiger partial charge on any atom is 0.243 e. The van der Waals surface area contributed by atoms with Crippen molar-refractivity contribution in [2.24, 2.45) is 5.92 Å². The second-order valence-electron chi connectivity index (χ2n) is 8.97. The zero-order chi connectivity index (χ0) is 25.9. The van der Waals surface area contributed by atoms with Gasteiger partial charge in [-0.25, -0.2) is 26.6 Å².